The molecule has 0 bridgehead atoms. The molecule has 0 radical (unpaired) electrons. The summed E-state index contributed by atoms with van der Waals surface area (Å²) in [5.41, 5.74) is 1.06. The number of nitrogens with zero attached hydrogens (tertiary/aromatic N) is 1. The van der Waals surface area contributed by atoms with Crippen LogP contribution in [-0.4, -0.2) is 43.7 Å². The van der Waals surface area contributed by atoms with Crippen molar-refractivity contribution in [1.82, 2.24) is 9.71 Å². The van der Waals surface area contributed by atoms with E-state index in [1.165, 1.54) is 42.6 Å². The number of aromatic nitrogens is 1. The molecule has 1 aromatic heterocycles. The number of nitrogens with one attached hydrogen (secondary N) is 1. The molecular weight excluding hydrogens is 480 g/mol. The number of ether oxygens (including phenoxy) is 1. The molecule has 0 spiro atoms. The second-order valence-corrected chi connectivity index (χ2v) is 12.3. The van der Waals surface area contributed by atoms with Gasteiger partial charge in [-0.05, 0) is 69.3 Å². The number of pyridine rings is 1. The minimum atomic E-state index is -4.39. The lowest BCUT2D eigenvalue weighted by Crippen LogP contribution is -2.57. The van der Waals surface area contributed by atoms with E-state index in [0.29, 0.717) is 11.5 Å². The number of benzene rings is 2. The molecule has 2 N–H and O–H groups in total. The van der Waals surface area contributed by atoms with E-state index in [1.807, 2.05) is 23.8 Å². The van der Waals surface area contributed by atoms with Crippen LogP contribution in [0.1, 0.15) is 19.4 Å². The first-order valence-corrected chi connectivity index (χ1v) is 13.1. The fraction of sp³-hybridized carbons (Fsp3) is 0.217. The molecule has 0 amide bonds. The highest BCUT2D eigenvalue weighted by Gasteiger charge is 2.48. The maximum atomic E-state index is 13.1. The molecule has 3 aromatic rings. The Kier molecular flexibility index (Phi) is 7.10. The van der Waals surface area contributed by atoms with Crippen LogP contribution in [0.4, 0.5) is 0 Å². The molecule has 3 rings (SSSR count). The number of carbonyl (C=O) groups is 1. The van der Waals surface area contributed by atoms with Crippen LogP contribution in [0.15, 0.2) is 82.8 Å². The molecule has 0 fully saturated rings. The molecule has 1 unspecified atom stereocenters. The standard InChI is InChI=1S/C23H24N2O7S2/c1-16-6-8-17(9-7-16)32-18-10-12-19(13-11-18)34(30,31)25-21(22(26)27)23(2,3)33(28,29)20-5-4-14-24-15-20/h4-15,21,25H,1-3H3,(H,26,27). The molecule has 1 atom stereocenters. The first-order chi connectivity index (χ1) is 15.8. The molecule has 0 saturated carbocycles. The number of hydrogen-bond acceptors (Lipinski definition) is 7. The van der Waals surface area contributed by atoms with E-state index in [-0.39, 0.29) is 9.79 Å². The minimum absolute atomic E-state index is 0.219. The molecule has 9 nitrogen and oxygen atoms in total. The van der Waals surface area contributed by atoms with Crippen molar-refractivity contribution in [1.29, 1.82) is 0 Å². The van der Waals surface area contributed by atoms with E-state index in [4.69, 9.17) is 4.74 Å². The molecule has 0 aliphatic carbocycles. The quantitative estimate of drug-likeness (QED) is 0.453. The summed E-state index contributed by atoms with van der Waals surface area (Å²) < 4.78 is 57.8. The molecule has 34 heavy (non-hydrogen) atoms. The van der Waals surface area contributed by atoms with Gasteiger partial charge in [0, 0.05) is 12.4 Å². The normalized spacial score (nSPS) is 13.3. The molecule has 2 aromatic carbocycles. The number of carboxylic acids is 1. The van der Waals surface area contributed by atoms with E-state index >= 15 is 0 Å². The van der Waals surface area contributed by atoms with Gasteiger partial charge in [0.2, 0.25) is 10.0 Å². The van der Waals surface area contributed by atoms with Crippen LogP contribution in [0, 0.1) is 6.92 Å². The van der Waals surface area contributed by atoms with Gasteiger partial charge in [0.05, 0.1) is 14.5 Å². The lowest BCUT2D eigenvalue weighted by molar-refractivity contribution is -0.139. The van der Waals surface area contributed by atoms with E-state index in [2.05, 4.69) is 4.98 Å². The Morgan fingerprint density at radius 3 is 2.00 bits per heavy atom. The minimum Gasteiger partial charge on any atom is -0.480 e. The number of carboxylic acid groups (broad SMARTS) is 1. The van der Waals surface area contributed by atoms with Crippen molar-refractivity contribution < 1.29 is 31.5 Å². The van der Waals surface area contributed by atoms with Crippen molar-refractivity contribution in [3.8, 4) is 11.5 Å². The highest BCUT2D eigenvalue weighted by atomic mass is 32.2. The number of aryl methyl sites for hydroxylation is 1. The summed E-state index contributed by atoms with van der Waals surface area (Å²) in [6.45, 7) is 4.23. The fourth-order valence-electron chi connectivity index (χ4n) is 3.11. The maximum Gasteiger partial charge on any atom is 0.323 e. The molecule has 0 aliphatic heterocycles. The van der Waals surface area contributed by atoms with Crippen LogP contribution in [0.25, 0.3) is 0 Å². The van der Waals surface area contributed by atoms with Crippen LogP contribution in [0.2, 0.25) is 0 Å². The summed E-state index contributed by atoms with van der Waals surface area (Å²) in [6.07, 6.45) is 2.45. The predicted molar refractivity (Wildman–Crippen MR) is 125 cm³/mol. The van der Waals surface area contributed by atoms with Crippen LogP contribution in [0.5, 0.6) is 11.5 Å². The molecular formula is C23H24N2O7S2. The van der Waals surface area contributed by atoms with Gasteiger partial charge in [-0.15, -0.1) is 0 Å². The van der Waals surface area contributed by atoms with Crippen molar-refractivity contribution >= 4 is 25.8 Å². The third kappa shape index (κ3) is 5.27. The lowest BCUT2D eigenvalue weighted by Gasteiger charge is -2.31. The van der Waals surface area contributed by atoms with Crippen molar-refractivity contribution in [2.75, 3.05) is 0 Å². The molecule has 1 heterocycles. The number of sulfone groups is 1. The molecule has 0 saturated heterocycles. The van der Waals surface area contributed by atoms with Gasteiger partial charge in [-0.25, -0.2) is 16.8 Å². The van der Waals surface area contributed by atoms with E-state index in [0.717, 1.165) is 25.6 Å². The number of rotatable bonds is 9. The highest BCUT2D eigenvalue weighted by molar-refractivity contribution is 7.93. The molecule has 0 aliphatic rings. The van der Waals surface area contributed by atoms with E-state index < -0.39 is 36.6 Å². The van der Waals surface area contributed by atoms with Gasteiger partial charge in [0.1, 0.15) is 17.5 Å². The Morgan fingerprint density at radius 2 is 1.50 bits per heavy atom. The summed E-state index contributed by atoms with van der Waals surface area (Å²) in [5.74, 6) is -0.704. The van der Waals surface area contributed by atoms with Gasteiger partial charge in [-0.2, -0.15) is 4.72 Å². The van der Waals surface area contributed by atoms with Crippen molar-refractivity contribution in [3.05, 3.63) is 78.6 Å². The Hall–Kier alpha value is -3.28. The second kappa shape index (κ2) is 9.53. The number of aliphatic carboxylic acids is 1. The monoisotopic (exact) mass is 504 g/mol. The third-order valence-corrected chi connectivity index (χ3v) is 9.16. The van der Waals surface area contributed by atoms with Crippen LogP contribution in [-0.2, 0) is 24.7 Å². The Balaban J connectivity index is 1.86. The van der Waals surface area contributed by atoms with Crippen molar-refractivity contribution in [3.63, 3.8) is 0 Å². The average molecular weight is 505 g/mol. The first kappa shape index (κ1) is 25.3. The zero-order chi connectivity index (χ0) is 25.1. The summed E-state index contributed by atoms with van der Waals surface area (Å²) in [7, 11) is -8.66. The van der Waals surface area contributed by atoms with Crippen LogP contribution in [0.3, 0.4) is 0 Å². The van der Waals surface area contributed by atoms with Crippen molar-refractivity contribution in [2.24, 2.45) is 0 Å². The summed E-state index contributed by atoms with van der Waals surface area (Å²) in [5, 5.41) is 9.73. The Labute approximate surface area is 198 Å². The Morgan fingerprint density at radius 1 is 0.941 bits per heavy atom. The lowest BCUT2D eigenvalue weighted by atomic mass is 10.1. The average Bonchev–Trinajstić information content (AvgIpc) is 2.79. The zero-order valence-corrected chi connectivity index (χ0v) is 20.3. The SMILES string of the molecule is Cc1ccc(Oc2ccc(S(=O)(=O)NC(C(=O)O)C(C)(C)S(=O)(=O)c3cccnc3)cc2)cc1. The van der Waals surface area contributed by atoms with Gasteiger partial charge in [-0.1, -0.05) is 17.7 Å². The summed E-state index contributed by atoms with van der Waals surface area (Å²) in [6, 6.07) is 13.3. The molecule has 11 heteroatoms. The second-order valence-electron chi connectivity index (χ2n) is 8.07. The van der Waals surface area contributed by atoms with Gasteiger partial charge < -0.3 is 9.84 Å². The van der Waals surface area contributed by atoms with Crippen LogP contribution < -0.4 is 9.46 Å². The Bertz CT molecular complexity index is 1370. The maximum absolute atomic E-state index is 13.1. The molecule has 180 valence electrons. The van der Waals surface area contributed by atoms with E-state index in [9.17, 15) is 26.7 Å². The predicted octanol–water partition coefficient (Wildman–Crippen LogP) is 3.17. The van der Waals surface area contributed by atoms with Crippen molar-refractivity contribution in [2.45, 2.75) is 41.4 Å². The fourth-order valence-corrected chi connectivity index (χ4v) is 6.05. The topological polar surface area (TPSA) is 140 Å². The van der Waals surface area contributed by atoms with E-state index in [1.54, 1.807) is 12.1 Å². The van der Waals surface area contributed by atoms with Crippen LogP contribution >= 0.6 is 0 Å². The summed E-state index contributed by atoms with van der Waals surface area (Å²) in [4.78, 5) is 15.3. The van der Waals surface area contributed by atoms with Gasteiger partial charge >= 0.3 is 5.97 Å². The largest absolute Gasteiger partial charge is 0.480 e. The number of sulfonamides is 1. The number of hydrogen-bond donors (Lipinski definition) is 2. The zero-order valence-electron chi connectivity index (χ0n) is 18.7. The van der Waals surface area contributed by atoms with Gasteiger partial charge in [0.25, 0.3) is 0 Å². The highest BCUT2D eigenvalue weighted by Crippen LogP contribution is 2.30. The smallest absolute Gasteiger partial charge is 0.323 e. The first-order valence-electron chi connectivity index (χ1n) is 10.1. The third-order valence-electron chi connectivity index (χ3n) is 5.24. The van der Waals surface area contributed by atoms with Gasteiger partial charge in [0.15, 0.2) is 9.84 Å². The summed E-state index contributed by atoms with van der Waals surface area (Å²) >= 11 is 0. The van der Waals surface area contributed by atoms with Gasteiger partial charge in [-0.3, -0.25) is 9.78 Å².